The number of rotatable bonds is 4. The Kier molecular flexibility index (Phi) is 5.63. The minimum absolute atomic E-state index is 0.163. The minimum Gasteiger partial charge on any atom is -0.398 e. The van der Waals surface area contributed by atoms with E-state index in [2.05, 4.69) is 15.9 Å². The van der Waals surface area contributed by atoms with Gasteiger partial charge in [0.05, 0.1) is 0 Å². The first kappa shape index (κ1) is 13.3. The van der Waals surface area contributed by atoms with E-state index >= 15 is 0 Å². The van der Waals surface area contributed by atoms with Crippen LogP contribution in [-0.4, -0.2) is 10.9 Å². The molecular formula is C12H14BrNOS. The Bertz CT molecular complexity index is 404. The van der Waals surface area contributed by atoms with Crippen LogP contribution in [0.3, 0.4) is 0 Å². The van der Waals surface area contributed by atoms with Crippen LogP contribution in [0.5, 0.6) is 0 Å². The summed E-state index contributed by atoms with van der Waals surface area (Å²) in [4.78, 5) is 10.7. The van der Waals surface area contributed by atoms with Gasteiger partial charge in [-0.2, -0.15) is 0 Å². The summed E-state index contributed by atoms with van der Waals surface area (Å²) in [6.07, 6.45) is 4.90. The highest BCUT2D eigenvalue weighted by molar-refractivity contribution is 9.10. The fourth-order valence-electron chi connectivity index (χ4n) is 1.18. The number of nitrogens with two attached hydrogens (primary N) is 1. The van der Waals surface area contributed by atoms with Crippen LogP contribution in [0.4, 0.5) is 5.69 Å². The van der Waals surface area contributed by atoms with Crippen LogP contribution in [0.1, 0.15) is 18.9 Å². The molecule has 16 heavy (non-hydrogen) atoms. The number of carbonyl (C=O) groups excluding carboxylic acids is 1. The van der Waals surface area contributed by atoms with Gasteiger partial charge >= 0.3 is 0 Å². The fraction of sp³-hybridized carbons (Fsp3) is 0.250. The Morgan fingerprint density at radius 1 is 1.56 bits per heavy atom. The monoisotopic (exact) mass is 299 g/mol. The van der Waals surface area contributed by atoms with Crippen molar-refractivity contribution in [3.63, 3.8) is 0 Å². The second kappa shape index (κ2) is 6.76. The second-order valence-corrected chi connectivity index (χ2v) is 5.49. The molecule has 0 atom stereocenters. The molecule has 0 aliphatic heterocycles. The maximum atomic E-state index is 10.7. The van der Waals surface area contributed by atoms with Crippen LogP contribution in [0, 0.1) is 0 Å². The molecule has 0 aliphatic rings. The normalized spacial score (nSPS) is 10.9. The number of carbonyl (C=O) groups is 1. The lowest BCUT2D eigenvalue weighted by atomic mass is 10.1. The molecule has 0 amide bonds. The summed E-state index contributed by atoms with van der Waals surface area (Å²) in [5, 5.41) is 0.163. The molecule has 0 heterocycles. The summed E-state index contributed by atoms with van der Waals surface area (Å²) >= 11 is 4.70. The van der Waals surface area contributed by atoms with Crippen molar-refractivity contribution in [1.82, 2.24) is 0 Å². The first-order chi connectivity index (χ1) is 7.59. The van der Waals surface area contributed by atoms with Crippen LogP contribution in [0.2, 0.25) is 0 Å². The predicted molar refractivity (Wildman–Crippen MR) is 75.3 cm³/mol. The van der Waals surface area contributed by atoms with Gasteiger partial charge in [-0.25, -0.2) is 0 Å². The van der Waals surface area contributed by atoms with Crippen LogP contribution < -0.4 is 5.73 Å². The largest absolute Gasteiger partial charge is 0.398 e. The second-order valence-electron chi connectivity index (χ2n) is 3.30. The Balaban J connectivity index is 2.47. The Morgan fingerprint density at radius 2 is 2.31 bits per heavy atom. The Labute approximate surface area is 108 Å². The molecule has 2 nitrogen and oxygen atoms in total. The van der Waals surface area contributed by atoms with Crippen molar-refractivity contribution in [3.05, 3.63) is 34.3 Å². The van der Waals surface area contributed by atoms with Gasteiger partial charge in [0, 0.05) is 22.8 Å². The van der Waals surface area contributed by atoms with Crippen molar-refractivity contribution in [2.24, 2.45) is 0 Å². The summed E-state index contributed by atoms with van der Waals surface area (Å²) in [6, 6.07) is 5.80. The van der Waals surface area contributed by atoms with Crippen molar-refractivity contribution < 1.29 is 4.79 Å². The number of allylic oxidation sites excluding steroid dienone is 1. The van der Waals surface area contributed by atoms with Gasteiger partial charge in [0.15, 0.2) is 5.12 Å². The van der Waals surface area contributed by atoms with Gasteiger partial charge in [0.25, 0.3) is 0 Å². The van der Waals surface area contributed by atoms with Gasteiger partial charge in [-0.1, -0.05) is 45.9 Å². The third-order valence-electron chi connectivity index (χ3n) is 1.94. The molecule has 86 valence electrons. The molecule has 0 saturated carbocycles. The molecule has 0 radical (unpaired) electrons. The van der Waals surface area contributed by atoms with E-state index in [0.717, 1.165) is 27.9 Å². The SMILES string of the molecule is CC(=O)SCCC=Cc1ccc(Br)cc1N. The molecule has 1 aromatic carbocycles. The van der Waals surface area contributed by atoms with Crippen molar-refractivity contribution in [3.8, 4) is 0 Å². The molecule has 0 aliphatic carbocycles. The van der Waals surface area contributed by atoms with E-state index in [9.17, 15) is 4.79 Å². The van der Waals surface area contributed by atoms with Crippen molar-refractivity contribution >= 4 is 44.6 Å². The molecule has 4 heteroatoms. The van der Waals surface area contributed by atoms with Gasteiger partial charge in [-0.15, -0.1) is 0 Å². The molecule has 0 aromatic heterocycles. The number of hydrogen-bond donors (Lipinski definition) is 1. The summed E-state index contributed by atoms with van der Waals surface area (Å²) in [6.45, 7) is 1.58. The highest BCUT2D eigenvalue weighted by atomic mass is 79.9. The number of thioether (sulfide) groups is 1. The van der Waals surface area contributed by atoms with E-state index < -0.39 is 0 Å². The number of nitrogen functional groups attached to an aromatic ring is 1. The van der Waals surface area contributed by atoms with Crippen LogP contribution in [0.25, 0.3) is 6.08 Å². The topological polar surface area (TPSA) is 43.1 Å². The molecule has 1 rings (SSSR count). The standard InChI is InChI=1S/C12H14BrNOS/c1-9(15)16-7-3-2-4-10-5-6-11(13)8-12(10)14/h2,4-6,8H,3,7,14H2,1H3. The zero-order valence-corrected chi connectivity index (χ0v) is 11.5. The molecule has 1 aromatic rings. The molecular weight excluding hydrogens is 286 g/mol. The minimum atomic E-state index is 0.163. The average Bonchev–Trinajstić information content (AvgIpc) is 2.20. The molecule has 0 fully saturated rings. The molecule has 0 bridgehead atoms. The molecule has 2 N–H and O–H groups in total. The van der Waals surface area contributed by atoms with Crippen LogP contribution in [0.15, 0.2) is 28.7 Å². The van der Waals surface area contributed by atoms with Gasteiger partial charge in [-0.3, -0.25) is 4.79 Å². The smallest absolute Gasteiger partial charge is 0.185 e. The van der Waals surface area contributed by atoms with E-state index in [0.29, 0.717) is 0 Å². The fourth-order valence-corrected chi connectivity index (χ4v) is 2.10. The number of benzene rings is 1. The molecule has 0 saturated heterocycles. The lowest BCUT2D eigenvalue weighted by Gasteiger charge is -2.00. The van der Waals surface area contributed by atoms with Crippen LogP contribution >= 0.6 is 27.7 Å². The molecule has 0 spiro atoms. The third-order valence-corrected chi connectivity index (χ3v) is 3.28. The van der Waals surface area contributed by atoms with Gasteiger partial charge in [0.2, 0.25) is 0 Å². The van der Waals surface area contributed by atoms with Gasteiger partial charge in [-0.05, 0) is 24.1 Å². The lowest BCUT2D eigenvalue weighted by Crippen LogP contribution is -1.88. The Hall–Kier alpha value is -0.740. The first-order valence-electron chi connectivity index (χ1n) is 4.94. The number of hydrogen-bond acceptors (Lipinski definition) is 3. The highest BCUT2D eigenvalue weighted by Gasteiger charge is 1.95. The average molecular weight is 300 g/mol. The highest BCUT2D eigenvalue weighted by Crippen LogP contribution is 2.19. The van der Waals surface area contributed by atoms with E-state index in [1.807, 2.05) is 30.4 Å². The van der Waals surface area contributed by atoms with Crippen LogP contribution in [-0.2, 0) is 4.79 Å². The quantitative estimate of drug-likeness (QED) is 0.681. The van der Waals surface area contributed by atoms with E-state index in [4.69, 9.17) is 5.73 Å². The van der Waals surface area contributed by atoms with Crippen molar-refractivity contribution in [2.45, 2.75) is 13.3 Å². The molecule has 0 unspecified atom stereocenters. The summed E-state index contributed by atoms with van der Waals surface area (Å²) in [5.41, 5.74) is 7.61. The summed E-state index contributed by atoms with van der Waals surface area (Å²) < 4.78 is 0.981. The maximum absolute atomic E-state index is 10.7. The Morgan fingerprint density at radius 3 is 2.94 bits per heavy atom. The number of anilines is 1. The predicted octanol–water partition coefficient (Wildman–Crippen LogP) is 3.71. The van der Waals surface area contributed by atoms with Gasteiger partial charge in [0.1, 0.15) is 0 Å². The summed E-state index contributed by atoms with van der Waals surface area (Å²) in [7, 11) is 0. The van der Waals surface area contributed by atoms with E-state index in [1.54, 1.807) is 6.92 Å². The third kappa shape index (κ3) is 4.86. The maximum Gasteiger partial charge on any atom is 0.185 e. The zero-order chi connectivity index (χ0) is 12.0. The lowest BCUT2D eigenvalue weighted by molar-refractivity contribution is -0.109. The first-order valence-corrected chi connectivity index (χ1v) is 6.72. The zero-order valence-electron chi connectivity index (χ0n) is 9.07. The van der Waals surface area contributed by atoms with Crippen molar-refractivity contribution in [1.29, 1.82) is 0 Å². The van der Waals surface area contributed by atoms with Gasteiger partial charge < -0.3 is 5.73 Å². The summed E-state index contributed by atoms with van der Waals surface area (Å²) in [5.74, 6) is 0.822. The van der Waals surface area contributed by atoms with E-state index in [1.165, 1.54) is 11.8 Å². The van der Waals surface area contributed by atoms with Crippen molar-refractivity contribution in [2.75, 3.05) is 11.5 Å². The van der Waals surface area contributed by atoms with E-state index in [-0.39, 0.29) is 5.12 Å². The number of halogens is 1.